The summed E-state index contributed by atoms with van der Waals surface area (Å²) >= 11 is 0. The van der Waals surface area contributed by atoms with E-state index in [0.29, 0.717) is 6.54 Å². The maximum Gasteiger partial charge on any atom is 0.435 e. The summed E-state index contributed by atoms with van der Waals surface area (Å²) in [6.45, 7) is 5.04. The smallest absolute Gasteiger partial charge is 0.309 e. The van der Waals surface area contributed by atoms with E-state index < -0.39 is 11.9 Å². The van der Waals surface area contributed by atoms with Gasteiger partial charge >= 0.3 is 6.18 Å². The van der Waals surface area contributed by atoms with Gasteiger partial charge in [-0.05, 0) is 25.1 Å². The first-order valence-electron chi connectivity index (χ1n) is 6.80. The Bertz CT molecular complexity index is 573. The molecule has 0 bridgehead atoms. The van der Waals surface area contributed by atoms with Crippen LogP contribution in [0, 0.1) is 6.92 Å². The molecule has 0 amide bonds. The molecule has 0 aliphatic carbocycles. The summed E-state index contributed by atoms with van der Waals surface area (Å²) in [5.74, 6) is 0. The van der Waals surface area contributed by atoms with Crippen LogP contribution in [0.5, 0.6) is 0 Å². The number of rotatable bonds is 5. The Hall–Kier alpha value is -1.82. The van der Waals surface area contributed by atoms with Crippen molar-refractivity contribution in [2.75, 3.05) is 6.54 Å². The van der Waals surface area contributed by atoms with Crippen molar-refractivity contribution in [3.05, 3.63) is 53.3 Å². The molecular formula is C15H18F3N3. The molecule has 21 heavy (non-hydrogen) atoms. The first kappa shape index (κ1) is 15.6. The zero-order valence-electron chi connectivity index (χ0n) is 12.0. The number of aromatic nitrogens is 2. The maximum atomic E-state index is 12.6. The van der Waals surface area contributed by atoms with Crippen molar-refractivity contribution in [2.24, 2.45) is 0 Å². The van der Waals surface area contributed by atoms with Crippen molar-refractivity contribution >= 4 is 0 Å². The van der Waals surface area contributed by atoms with Crippen LogP contribution in [0.25, 0.3) is 0 Å². The second-order valence-corrected chi connectivity index (χ2v) is 4.94. The quantitative estimate of drug-likeness (QED) is 0.914. The van der Waals surface area contributed by atoms with Gasteiger partial charge in [0.15, 0.2) is 5.69 Å². The molecule has 0 saturated heterocycles. The van der Waals surface area contributed by atoms with Crippen molar-refractivity contribution in [1.29, 1.82) is 0 Å². The number of aryl methyl sites for hydroxylation is 1. The van der Waals surface area contributed by atoms with Crippen molar-refractivity contribution in [2.45, 2.75) is 32.6 Å². The first-order valence-corrected chi connectivity index (χ1v) is 6.80. The zero-order valence-corrected chi connectivity index (χ0v) is 12.0. The van der Waals surface area contributed by atoms with Gasteiger partial charge in [0.1, 0.15) is 0 Å². The molecule has 0 aliphatic heterocycles. The number of hydrogen-bond acceptors (Lipinski definition) is 2. The van der Waals surface area contributed by atoms with Crippen LogP contribution < -0.4 is 5.32 Å². The van der Waals surface area contributed by atoms with Gasteiger partial charge in [-0.25, -0.2) is 0 Å². The van der Waals surface area contributed by atoms with Gasteiger partial charge in [0.25, 0.3) is 0 Å². The molecule has 1 aromatic carbocycles. The largest absolute Gasteiger partial charge is 0.435 e. The molecule has 3 nitrogen and oxygen atoms in total. The summed E-state index contributed by atoms with van der Waals surface area (Å²) in [6.07, 6.45) is -3.04. The molecule has 1 unspecified atom stereocenters. The monoisotopic (exact) mass is 297 g/mol. The lowest BCUT2D eigenvalue weighted by atomic mass is 10.1. The normalized spacial score (nSPS) is 13.4. The maximum absolute atomic E-state index is 12.6. The van der Waals surface area contributed by atoms with E-state index >= 15 is 0 Å². The fourth-order valence-corrected chi connectivity index (χ4v) is 2.13. The Morgan fingerprint density at radius 3 is 2.38 bits per heavy atom. The van der Waals surface area contributed by atoms with E-state index in [1.807, 2.05) is 38.1 Å². The van der Waals surface area contributed by atoms with Gasteiger partial charge in [0.05, 0.1) is 12.6 Å². The molecule has 0 fully saturated rings. The molecule has 0 radical (unpaired) electrons. The average molecular weight is 297 g/mol. The van der Waals surface area contributed by atoms with Gasteiger partial charge in [-0.1, -0.05) is 36.8 Å². The zero-order chi connectivity index (χ0) is 15.5. The van der Waals surface area contributed by atoms with Crippen LogP contribution in [0.2, 0.25) is 0 Å². The highest BCUT2D eigenvalue weighted by Crippen LogP contribution is 2.27. The number of alkyl halides is 3. The predicted octanol–water partition coefficient (Wildman–Crippen LogP) is 3.56. The molecule has 2 aromatic rings. The van der Waals surface area contributed by atoms with E-state index in [4.69, 9.17) is 0 Å². The molecule has 114 valence electrons. The molecule has 1 N–H and O–H groups in total. The highest BCUT2D eigenvalue weighted by molar-refractivity contribution is 5.24. The lowest BCUT2D eigenvalue weighted by Gasteiger charge is -2.18. The van der Waals surface area contributed by atoms with E-state index in [0.717, 1.165) is 23.7 Å². The van der Waals surface area contributed by atoms with Crippen LogP contribution in [-0.2, 0) is 12.7 Å². The van der Waals surface area contributed by atoms with E-state index in [9.17, 15) is 13.2 Å². The number of benzene rings is 1. The highest BCUT2D eigenvalue weighted by atomic mass is 19.4. The second-order valence-electron chi connectivity index (χ2n) is 4.94. The Morgan fingerprint density at radius 2 is 1.86 bits per heavy atom. The minimum atomic E-state index is -4.40. The minimum absolute atomic E-state index is 0.0726. The molecule has 6 heteroatoms. The van der Waals surface area contributed by atoms with Gasteiger partial charge in [-0.2, -0.15) is 18.3 Å². The van der Waals surface area contributed by atoms with Crippen LogP contribution in [0.15, 0.2) is 36.5 Å². The molecule has 1 atom stereocenters. The van der Waals surface area contributed by atoms with Crippen LogP contribution in [-0.4, -0.2) is 16.3 Å². The van der Waals surface area contributed by atoms with E-state index in [1.54, 1.807) is 0 Å². The Kier molecular flexibility index (Phi) is 4.67. The summed E-state index contributed by atoms with van der Waals surface area (Å²) < 4.78 is 39.0. The summed E-state index contributed by atoms with van der Waals surface area (Å²) in [5, 5.41) is 6.87. The van der Waals surface area contributed by atoms with Crippen molar-refractivity contribution in [1.82, 2.24) is 15.1 Å². The van der Waals surface area contributed by atoms with Gasteiger partial charge in [0, 0.05) is 6.20 Å². The molecular weight excluding hydrogens is 279 g/mol. The van der Waals surface area contributed by atoms with Gasteiger partial charge in [0.2, 0.25) is 0 Å². The van der Waals surface area contributed by atoms with E-state index in [-0.39, 0.29) is 6.04 Å². The van der Waals surface area contributed by atoms with Crippen molar-refractivity contribution < 1.29 is 13.2 Å². The fraction of sp³-hybridized carbons (Fsp3) is 0.400. The lowest BCUT2D eigenvalue weighted by Crippen LogP contribution is -2.25. The molecule has 0 saturated carbocycles. The van der Waals surface area contributed by atoms with Gasteiger partial charge in [-0.3, -0.25) is 4.68 Å². The number of hydrogen-bond donors (Lipinski definition) is 1. The molecule has 2 rings (SSSR count). The van der Waals surface area contributed by atoms with Crippen LogP contribution in [0.3, 0.4) is 0 Å². The average Bonchev–Trinajstić information content (AvgIpc) is 2.88. The number of nitrogens with one attached hydrogen (secondary N) is 1. The summed E-state index contributed by atoms with van der Waals surface area (Å²) in [6, 6.07) is 8.87. The van der Waals surface area contributed by atoms with Crippen LogP contribution in [0.1, 0.15) is 29.8 Å². The fourth-order valence-electron chi connectivity index (χ4n) is 2.13. The minimum Gasteiger partial charge on any atom is -0.309 e. The third kappa shape index (κ3) is 4.07. The summed E-state index contributed by atoms with van der Waals surface area (Å²) in [7, 11) is 0. The van der Waals surface area contributed by atoms with Crippen LogP contribution >= 0.6 is 0 Å². The third-order valence-electron chi connectivity index (χ3n) is 3.23. The van der Waals surface area contributed by atoms with Gasteiger partial charge in [-0.15, -0.1) is 0 Å². The topological polar surface area (TPSA) is 29.9 Å². The van der Waals surface area contributed by atoms with Crippen LogP contribution in [0.4, 0.5) is 13.2 Å². The van der Waals surface area contributed by atoms with E-state index in [2.05, 4.69) is 10.4 Å². The highest BCUT2D eigenvalue weighted by Gasteiger charge is 2.33. The standard InChI is InChI=1S/C15H18F3N3/c1-3-19-13(12-6-4-11(2)5-7-12)10-21-9-8-14(20-21)15(16,17)18/h4-9,13,19H,3,10H2,1-2H3. The lowest BCUT2D eigenvalue weighted by molar-refractivity contribution is -0.141. The van der Waals surface area contributed by atoms with Crippen molar-refractivity contribution in [3.63, 3.8) is 0 Å². The van der Waals surface area contributed by atoms with Gasteiger partial charge < -0.3 is 5.32 Å². The Balaban J connectivity index is 2.16. The first-order chi connectivity index (χ1) is 9.90. The Labute approximate surface area is 121 Å². The molecule has 0 aliphatic rings. The summed E-state index contributed by atoms with van der Waals surface area (Å²) in [5.41, 5.74) is 1.32. The summed E-state index contributed by atoms with van der Waals surface area (Å²) in [4.78, 5) is 0. The van der Waals surface area contributed by atoms with Crippen molar-refractivity contribution in [3.8, 4) is 0 Å². The molecule has 1 aromatic heterocycles. The third-order valence-corrected chi connectivity index (χ3v) is 3.23. The second kappa shape index (κ2) is 6.30. The molecule has 0 spiro atoms. The number of halogens is 3. The Morgan fingerprint density at radius 1 is 1.19 bits per heavy atom. The number of likely N-dealkylation sites (N-methyl/N-ethyl adjacent to an activating group) is 1. The number of nitrogens with zero attached hydrogens (tertiary/aromatic N) is 2. The SMILES string of the molecule is CCNC(Cn1ccc(C(F)(F)F)n1)c1ccc(C)cc1. The van der Waals surface area contributed by atoms with E-state index in [1.165, 1.54) is 10.9 Å². The molecule has 1 heterocycles. The predicted molar refractivity (Wildman–Crippen MR) is 74.8 cm³/mol.